The lowest BCUT2D eigenvalue weighted by Crippen LogP contribution is -2.50. The summed E-state index contributed by atoms with van der Waals surface area (Å²) in [5.41, 5.74) is 3.20. The van der Waals surface area contributed by atoms with Crippen molar-refractivity contribution in [1.29, 1.82) is 0 Å². The van der Waals surface area contributed by atoms with Crippen LogP contribution < -0.4 is 15.5 Å². The minimum atomic E-state index is -0.415. The minimum absolute atomic E-state index is 0.249. The highest BCUT2D eigenvalue weighted by atomic mass is 16.2. The Balaban J connectivity index is 1.68. The molecule has 4 heterocycles. The van der Waals surface area contributed by atoms with Gasteiger partial charge in [0.1, 0.15) is 11.5 Å². The molecule has 1 fully saturated rings. The highest BCUT2D eigenvalue weighted by Gasteiger charge is 2.27. The third-order valence-corrected chi connectivity index (χ3v) is 4.24. The highest BCUT2D eigenvalue weighted by Crippen LogP contribution is 2.26. The van der Waals surface area contributed by atoms with Gasteiger partial charge in [0.2, 0.25) is 5.91 Å². The zero-order valence-electron chi connectivity index (χ0n) is 12.7. The Labute approximate surface area is 132 Å². The van der Waals surface area contributed by atoms with Gasteiger partial charge >= 0.3 is 6.03 Å². The van der Waals surface area contributed by atoms with Gasteiger partial charge < -0.3 is 9.88 Å². The van der Waals surface area contributed by atoms with E-state index in [4.69, 9.17) is 0 Å². The number of nitrogens with one attached hydrogen (secondary N) is 2. The average Bonchev–Trinajstić information content (AvgIpc) is 3.13. The Morgan fingerprint density at radius 3 is 2.78 bits per heavy atom. The van der Waals surface area contributed by atoms with Gasteiger partial charge in [-0.3, -0.25) is 20.0 Å². The van der Waals surface area contributed by atoms with Crippen molar-refractivity contribution in [3.05, 3.63) is 29.6 Å². The van der Waals surface area contributed by atoms with Crippen molar-refractivity contribution in [3.63, 3.8) is 0 Å². The number of aromatic nitrogens is 3. The summed E-state index contributed by atoms with van der Waals surface area (Å²) in [7, 11) is 1.84. The Bertz CT molecular complexity index is 812. The summed E-state index contributed by atoms with van der Waals surface area (Å²) in [6.07, 6.45) is 3.79. The maximum absolute atomic E-state index is 12.0. The number of amides is 3. The fraction of sp³-hybridized carbons (Fsp3) is 0.333. The lowest BCUT2D eigenvalue weighted by Gasteiger charge is -2.26. The smallest absolute Gasteiger partial charge is 0.312 e. The number of anilines is 1. The van der Waals surface area contributed by atoms with Crippen molar-refractivity contribution >= 4 is 17.8 Å². The molecular weight excluding hydrogens is 296 g/mol. The summed E-state index contributed by atoms with van der Waals surface area (Å²) in [6.45, 7) is 2.03. The van der Waals surface area contributed by atoms with Gasteiger partial charge in [-0.1, -0.05) is 0 Å². The summed E-state index contributed by atoms with van der Waals surface area (Å²) >= 11 is 0. The van der Waals surface area contributed by atoms with Crippen LogP contribution in [0.1, 0.15) is 17.5 Å². The molecule has 3 amide bonds. The van der Waals surface area contributed by atoms with Crippen LogP contribution >= 0.6 is 0 Å². The predicted octanol–water partition coefficient (Wildman–Crippen LogP) is 0.532. The van der Waals surface area contributed by atoms with Gasteiger partial charge in [0.15, 0.2) is 5.82 Å². The van der Waals surface area contributed by atoms with E-state index in [1.165, 1.54) is 16.0 Å². The third-order valence-electron chi connectivity index (χ3n) is 4.24. The monoisotopic (exact) mass is 312 g/mol. The van der Waals surface area contributed by atoms with E-state index in [0.717, 1.165) is 18.8 Å². The molecule has 2 N–H and O–H groups in total. The number of imide groups is 1. The number of imidazole rings is 1. The first kappa shape index (κ1) is 13.9. The molecule has 4 rings (SSSR count). The van der Waals surface area contributed by atoms with Crippen molar-refractivity contribution in [3.8, 4) is 11.5 Å². The standard InChI is InChI=1S/C15H16N6O2/c1-20-13(21-3-2-12(22)19-15(21)23)8-18-14(20)11-4-9-5-16-6-10(9)7-17-11/h4,7-8,16H,2-3,5-6H2,1H3,(H,19,22,23). The van der Waals surface area contributed by atoms with Crippen LogP contribution in [0.5, 0.6) is 0 Å². The second-order valence-electron chi connectivity index (χ2n) is 5.70. The van der Waals surface area contributed by atoms with Crippen molar-refractivity contribution in [2.45, 2.75) is 19.5 Å². The van der Waals surface area contributed by atoms with E-state index in [-0.39, 0.29) is 12.3 Å². The minimum Gasteiger partial charge on any atom is -0.312 e. The van der Waals surface area contributed by atoms with Gasteiger partial charge in [0.25, 0.3) is 0 Å². The van der Waals surface area contributed by atoms with Gasteiger partial charge in [-0.05, 0) is 17.2 Å². The first-order chi connectivity index (χ1) is 11.1. The number of pyridine rings is 1. The summed E-state index contributed by atoms with van der Waals surface area (Å²) in [6, 6.07) is 1.61. The van der Waals surface area contributed by atoms with E-state index in [9.17, 15) is 9.59 Å². The number of carbonyl (C=O) groups is 2. The van der Waals surface area contributed by atoms with Crippen LogP contribution in [0.2, 0.25) is 0 Å². The zero-order valence-corrected chi connectivity index (χ0v) is 12.7. The maximum atomic E-state index is 12.0. The van der Waals surface area contributed by atoms with Crippen LogP contribution in [0.25, 0.3) is 11.5 Å². The Morgan fingerprint density at radius 2 is 1.96 bits per heavy atom. The van der Waals surface area contributed by atoms with E-state index >= 15 is 0 Å². The number of urea groups is 1. The summed E-state index contributed by atoms with van der Waals surface area (Å²) in [5.74, 6) is 1.09. The fourth-order valence-corrected chi connectivity index (χ4v) is 2.98. The zero-order chi connectivity index (χ0) is 16.0. The molecule has 8 nitrogen and oxygen atoms in total. The SMILES string of the molecule is Cn1c(N2CCC(=O)NC2=O)cnc1-c1cc2c(cn1)CNC2. The number of hydrogen-bond acceptors (Lipinski definition) is 5. The van der Waals surface area contributed by atoms with Crippen LogP contribution in [0.4, 0.5) is 10.6 Å². The molecule has 0 aliphatic carbocycles. The van der Waals surface area contributed by atoms with Crippen molar-refractivity contribution in [1.82, 2.24) is 25.2 Å². The molecule has 2 aliphatic heterocycles. The van der Waals surface area contributed by atoms with Gasteiger partial charge in [0.05, 0.1) is 6.20 Å². The van der Waals surface area contributed by atoms with Crippen LogP contribution in [0, 0.1) is 0 Å². The van der Waals surface area contributed by atoms with Crippen LogP contribution in [0.3, 0.4) is 0 Å². The Kier molecular flexibility index (Phi) is 3.12. The van der Waals surface area contributed by atoms with E-state index in [2.05, 4.69) is 20.6 Å². The van der Waals surface area contributed by atoms with Gasteiger partial charge in [-0.15, -0.1) is 0 Å². The fourth-order valence-electron chi connectivity index (χ4n) is 2.98. The van der Waals surface area contributed by atoms with Gasteiger partial charge in [-0.2, -0.15) is 0 Å². The first-order valence-electron chi connectivity index (χ1n) is 7.45. The largest absolute Gasteiger partial charge is 0.329 e. The predicted molar refractivity (Wildman–Crippen MR) is 82.5 cm³/mol. The molecule has 1 saturated heterocycles. The molecule has 0 radical (unpaired) electrons. The number of hydrogen-bond donors (Lipinski definition) is 2. The van der Waals surface area contributed by atoms with Gasteiger partial charge in [-0.25, -0.2) is 9.78 Å². The molecule has 0 saturated carbocycles. The van der Waals surface area contributed by atoms with E-state index in [0.29, 0.717) is 18.2 Å². The van der Waals surface area contributed by atoms with E-state index in [1.807, 2.05) is 23.9 Å². The first-order valence-corrected chi connectivity index (χ1v) is 7.45. The van der Waals surface area contributed by atoms with Crippen molar-refractivity contribution in [2.24, 2.45) is 7.05 Å². The van der Waals surface area contributed by atoms with Crippen molar-refractivity contribution < 1.29 is 9.59 Å². The number of fused-ring (bicyclic) bond motifs is 1. The normalized spacial score (nSPS) is 17.3. The topological polar surface area (TPSA) is 92.2 Å². The van der Waals surface area contributed by atoms with E-state index < -0.39 is 6.03 Å². The quantitative estimate of drug-likeness (QED) is 0.844. The molecule has 2 aromatic rings. The van der Waals surface area contributed by atoms with E-state index in [1.54, 1.807) is 6.20 Å². The second kappa shape index (κ2) is 5.17. The molecule has 2 aliphatic rings. The molecule has 2 aromatic heterocycles. The molecule has 118 valence electrons. The Hall–Kier alpha value is -2.74. The van der Waals surface area contributed by atoms with Crippen LogP contribution in [0.15, 0.2) is 18.5 Å². The number of rotatable bonds is 2. The lowest BCUT2D eigenvalue weighted by molar-refractivity contribution is -0.120. The number of nitrogens with zero attached hydrogens (tertiary/aromatic N) is 4. The Morgan fingerprint density at radius 1 is 1.13 bits per heavy atom. The maximum Gasteiger partial charge on any atom is 0.329 e. The third kappa shape index (κ3) is 2.27. The lowest BCUT2D eigenvalue weighted by atomic mass is 10.1. The van der Waals surface area contributed by atoms with Gasteiger partial charge in [0, 0.05) is 39.3 Å². The highest BCUT2D eigenvalue weighted by molar-refractivity contribution is 6.05. The molecule has 0 unspecified atom stereocenters. The second-order valence-corrected chi connectivity index (χ2v) is 5.70. The molecule has 8 heteroatoms. The van der Waals surface area contributed by atoms with Crippen LogP contribution in [-0.4, -0.2) is 33.0 Å². The molecule has 0 atom stereocenters. The molecule has 0 aromatic carbocycles. The molecule has 0 bridgehead atoms. The number of carbonyl (C=O) groups excluding carboxylic acids is 2. The summed E-state index contributed by atoms with van der Waals surface area (Å²) < 4.78 is 1.83. The summed E-state index contributed by atoms with van der Waals surface area (Å²) in [4.78, 5) is 33.7. The van der Waals surface area contributed by atoms with Crippen LogP contribution in [-0.2, 0) is 24.9 Å². The average molecular weight is 312 g/mol. The molecule has 0 spiro atoms. The summed E-state index contributed by atoms with van der Waals surface area (Å²) in [5, 5.41) is 5.61. The molecular formula is C15H16N6O2. The molecule has 23 heavy (non-hydrogen) atoms. The van der Waals surface area contributed by atoms with Crippen molar-refractivity contribution in [2.75, 3.05) is 11.4 Å².